The first-order chi connectivity index (χ1) is 13.1. The van der Waals surface area contributed by atoms with Gasteiger partial charge in [0.05, 0.1) is 12.8 Å². The van der Waals surface area contributed by atoms with Crippen LogP contribution in [0.1, 0.15) is 21.6 Å². The Labute approximate surface area is 161 Å². The maximum atomic E-state index is 13.2. The van der Waals surface area contributed by atoms with Gasteiger partial charge in [-0.1, -0.05) is 36.0 Å². The highest BCUT2D eigenvalue weighted by Crippen LogP contribution is 2.22. The van der Waals surface area contributed by atoms with E-state index in [-0.39, 0.29) is 11.7 Å². The van der Waals surface area contributed by atoms with E-state index in [0.29, 0.717) is 29.7 Å². The monoisotopic (exact) mass is 385 g/mol. The van der Waals surface area contributed by atoms with Crippen LogP contribution < -0.4 is 5.32 Å². The summed E-state index contributed by atoms with van der Waals surface area (Å²) in [4.78, 5) is 17.0. The minimum atomic E-state index is -0.327. The zero-order valence-corrected chi connectivity index (χ0v) is 15.9. The summed E-state index contributed by atoms with van der Waals surface area (Å²) >= 11 is 1.42. The highest BCUT2D eigenvalue weighted by molar-refractivity contribution is 7.98. The van der Waals surface area contributed by atoms with Gasteiger partial charge in [-0.15, -0.1) is 0 Å². The second kappa shape index (κ2) is 8.83. The number of aromatic nitrogens is 2. The maximum absolute atomic E-state index is 13.2. The summed E-state index contributed by atoms with van der Waals surface area (Å²) in [6.45, 7) is 0.912. The van der Waals surface area contributed by atoms with Gasteiger partial charge < -0.3 is 10.1 Å². The molecule has 3 rings (SSSR count). The number of carbonyl (C=O) groups excluding carboxylic acids is 1. The highest BCUT2D eigenvalue weighted by atomic mass is 32.2. The number of benzene rings is 2. The molecule has 0 spiro atoms. The van der Waals surface area contributed by atoms with Gasteiger partial charge in [-0.2, -0.15) is 0 Å². The number of hydrogen-bond donors (Lipinski definition) is 1. The fourth-order valence-corrected chi connectivity index (χ4v) is 3.29. The van der Waals surface area contributed by atoms with Crippen LogP contribution in [0.25, 0.3) is 5.69 Å². The Kier molecular flexibility index (Phi) is 6.26. The van der Waals surface area contributed by atoms with Crippen molar-refractivity contribution < 1.29 is 13.9 Å². The molecule has 140 valence electrons. The molecule has 7 heteroatoms. The normalized spacial score (nSPS) is 10.8. The number of nitrogens with one attached hydrogen (secondary N) is 1. The SMILES string of the molecule is COCc1cccc(CNC(=O)c2cnc(SC)n2-c2ccc(F)cc2)c1. The van der Waals surface area contributed by atoms with E-state index in [2.05, 4.69) is 10.3 Å². The lowest BCUT2D eigenvalue weighted by Crippen LogP contribution is -2.25. The number of carbonyl (C=O) groups is 1. The van der Waals surface area contributed by atoms with Gasteiger partial charge in [0.2, 0.25) is 0 Å². The Morgan fingerprint density at radius 3 is 2.67 bits per heavy atom. The zero-order valence-electron chi connectivity index (χ0n) is 15.1. The zero-order chi connectivity index (χ0) is 19.2. The summed E-state index contributed by atoms with van der Waals surface area (Å²) in [6, 6.07) is 13.8. The molecular weight excluding hydrogens is 365 g/mol. The van der Waals surface area contributed by atoms with Crippen molar-refractivity contribution in [3.05, 3.63) is 77.4 Å². The van der Waals surface area contributed by atoms with Crippen LogP contribution in [0.4, 0.5) is 4.39 Å². The molecule has 3 aromatic rings. The van der Waals surface area contributed by atoms with Gasteiger partial charge in [-0.3, -0.25) is 9.36 Å². The molecule has 0 aliphatic rings. The minimum absolute atomic E-state index is 0.246. The molecule has 0 aliphatic carbocycles. The van der Waals surface area contributed by atoms with E-state index in [9.17, 15) is 9.18 Å². The average molecular weight is 385 g/mol. The summed E-state index contributed by atoms with van der Waals surface area (Å²) < 4.78 is 20.1. The van der Waals surface area contributed by atoms with Gasteiger partial charge in [0.1, 0.15) is 11.5 Å². The first-order valence-electron chi connectivity index (χ1n) is 8.35. The fourth-order valence-electron chi connectivity index (χ4n) is 2.75. The first kappa shape index (κ1) is 19.1. The molecule has 0 atom stereocenters. The summed E-state index contributed by atoms with van der Waals surface area (Å²) in [5, 5.41) is 3.58. The molecule has 1 heterocycles. The van der Waals surface area contributed by atoms with Crippen LogP contribution in [0.5, 0.6) is 0 Å². The summed E-state index contributed by atoms with van der Waals surface area (Å²) in [5.41, 5.74) is 3.12. The molecule has 2 aromatic carbocycles. The van der Waals surface area contributed by atoms with Crippen LogP contribution in [0.2, 0.25) is 0 Å². The molecule has 0 bridgehead atoms. The van der Waals surface area contributed by atoms with Gasteiger partial charge in [-0.25, -0.2) is 9.37 Å². The number of hydrogen-bond acceptors (Lipinski definition) is 4. The molecule has 0 saturated heterocycles. The van der Waals surface area contributed by atoms with Crippen LogP contribution in [0.15, 0.2) is 59.9 Å². The van der Waals surface area contributed by atoms with Crippen molar-refractivity contribution >= 4 is 17.7 Å². The molecule has 0 fully saturated rings. The van der Waals surface area contributed by atoms with Gasteiger partial charge in [0.15, 0.2) is 5.16 Å². The number of amides is 1. The topological polar surface area (TPSA) is 56.1 Å². The molecule has 0 unspecified atom stereocenters. The molecule has 0 saturated carbocycles. The van der Waals surface area contributed by atoms with Crippen LogP contribution in [-0.4, -0.2) is 28.8 Å². The number of nitrogens with zero attached hydrogens (tertiary/aromatic N) is 2. The molecule has 5 nitrogen and oxygen atoms in total. The quantitative estimate of drug-likeness (QED) is 0.629. The van der Waals surface area contributed by atoms with Crippen molar-refractivity contribution in [2.75, 3.05) is 13.4 Å². The Hall–Kier alpha value is -2.64. The van der Waals surface area contributed by atoms with E-state index < -0.39 is 0 Å². The van der Waals surface area contributed by atoms with Crippen molar-refractivity contribution in [2.45, 2.75) is 18.3 Å². The third-order valence-corrected chi connectivity index (χ3v) is 4.64. The van der Waals surface area contributed by atoms with Crippen LogP contribution in [-0.2, 0) is 17.9 Å². The van der Waals surface area contributed by atoms with Gasteiger partial charge in [0, 0.05) is 19.3 Å². The lowest BCUT2D eigenvalue weighted by atomic mass is 10.1. The van der Waals surface area contributed by atoms with Crippen LogP contribution in [0.3, 0.4) is 0 Å². The molecule has 1 amide bonds. The first-order valence-corrected chi connectivity index (χ1v) is 9.57. The van der Waals surface area contributed by atoms with E-state index in [0.717, 1.165) is 11.1 Å². The molecule has 1 aromatic heterocycles. The Bertz CT molecular complexity index is 925. The number of ether oxygens (including phenoxy) is 1. The Morgan fingerprint density at radius 2 is 1.96 bits per heavy atom. The number of methoxy groups -OCH3 is 1. The standard InChI is InChI=1S/C20H20FN3O2S/c1-26-13-15-5-3-4-14(10-15)11-22-19(25)18-12-23-20(27-2)24(18)17-8-6-16(21)7-9-17/h3-10,12H,11,13H2,1-2H3,(H,22,25). The molecule has 0 radical (unpaired) electrons. The van der Waals surface area contributed by atoms with Crippen molar-refractivity contribution in [1.82, 2.24) is 14.9 Å². The number of imidazole rings is 1. The second-order valence-corrected chi connectivity index (χ2v) is 6.65. The maximum Gasteiger partial charge on any atom is 0.270 e. The summed E-state index contributed by atoms with van der Waals surface area (Å²) in [6.07, 6.45) is 3.41. The number of thioether (sulfide) groups is 1. The Morgan fingerprint density at radius 1 is 1.22 bits per heavy atom. The van der Waals surface area contributed by atoms with Gasteiger partial charge in [-0.05, 0) is 41.6 Å². The predicted molar refractivity (Wildman–Crippen MR) is 104 cm³/mol. The molecule has 1 N–H and O–H groups in total. The van der Waals surface area contributed by atoms with E-state index >= 15 is 0 Å². The summed E-state index contributed by atoms with van der Waals surface area (Å²) in [5.74, 6) is -0.573. The lowest BCUT2D eigenvalue weighted by Gasteiger charge is -2.12. The fraction of sp³-hybridized carbons (Fsp3) is 0.200. The molecule has 0 aliphatic heterocycles. The van der Waals surface area contributed by atoms with E-state index in [4.69, 9.17) is 4.74 Å². The van der Waals surface area contributed by atoms with Crippen molar-refractivity contribution in [2.24, 2.45) is 0 Å². The van der Waals surface area contributed by atoms with E-state index in [1.165, 1.54) is 30.1 Å². The Balaban J connectivity index is 1.80. The number of halogens is 1. The molecule has 27 heavy (non-hydrogen) atoms. The highest BCUT2D eigenvalue weighted by Gasteiger charge is 2.17. The summed E-state index contributed by atoms with van der Waals surface area (Å²) in [7, 11) is 1.65. The predicted octanol–water partition coefficient (Wildman–Crippen LogP) is 3.81. The van der Waals surface area contributed by atoms with Crippen LogP contribution in [0, 0.1) is 5.82 Å². The van der Waals surface area contributed by atoms with E-state index in [1.807, 2.05) is 30.5 Å². The average Bonchev–Trinajstić information content (AvgIpc) is 3.11. The van der Waals surface area contributed by atoms with Gasteiger partial charge in [0.25, 0.3) is 5.91 Å². The lowest BCUT2D eigenvalue weighted by molar-refractivity contribution is 0.0943. The van der Waals surface area contributed by atoms with Crippen molar-refractivity contribution in [3.8, 4) is 5.69 Å². The third-order valence-electron chi connectivity index (χ3n) is 3.98. The molecular formula is C20H20FN3O2S. The number of rotatable bonds is 7. The van der Waals surface area contributed by atoms with E-state index in [1.54, 1.807) is 23.8 Å². The smallest absolute Gasteiger partial charge is 0.270 e. The van der Waals surface area contributed by atoms with Crippen molar-refractivity contribution in [1.29, 1.82) is 0 Å². The van der Waals surface area contributed by atoms with Crippen LogP contribution >= 0.6 is 11.8 Å². The van der Waals surface area contributed by atoms with Crippen molar-refractivity contribution in [3.63, 3.8) is 0 Å². The third kappa shape index (κ3) is 4.56. The van der Waals surface area contributed by atoms with Gasteiger partial charge >= 0.3 is 0 Å². The minimum Gasteiger partial charge on any atom is -0.380 e. The largest absolute Gasteiger partial charge is 0.380 e. The second-order valence-electron chi connectivity index (χ2n) is 5.88.